The van der Waals surface area contributed by atoms with Gasteiger partial charge in [-0.2, -0.15) is 0 Å². The van der Waals surface area contributed by atoms with E-state index in [1.165, 1.54) is 0 Å². The van der Waals surface area contributed by atoms with E-state index in [4.69, 9.17) is 11.2 Å². The average Bonchev–Trinajstić information content (AvgIpc) is 2.31. The Labute approximate surface area is 88.6 Å². The van der Waals surface area contributed by atoms with Crippen molar-refractivity contribution in [3.63, 3.8) is 0 Å². The Morgan fingerprint density at radius 3 is 2.80 bits per heavy atom. The number of terminal acetylenes is 1. The summed E-state index contributed by atoms with van der Waals surface area (Å²) in [6, 6.07) is 12.9. The van der Waals surface area contributed by atoms with Gasteiger partial charge in [0, 0.05) is 17.8 Å². The van der Waals surface area contributed by atoms with Crippen molar-refractivity contribution in [1.29, 1.82) is 0 Å². The third-order valence-electron chi connectivity index (χ3n) is 1.86. The summed E-state index contributed by atoms with van der Waals surface area (Å²) in [4.78, 5) is 4.06. The summed E-state index contributed by atoms with van der Waals surface area (Å²) in [6.45, 7) is 0. The van der Waals surface area contributed by atoms with Crippen LogP contribution in [0.3, 0.4) is 0 Å². The van der Waals surface area contributed by atoms with E-state index in [0.29, 0.717) is 11.6 Å². The second-order valence-electron chi connectivity index (χ2n) is 2.94. The van der Waals surface area contributed by atoms with Gasteiger partial charge in [0.25, 0.3) is 0 Å². The highest BCUT2D eigenvalue weighted by Crippen LogP contribution is 2.19. The van der Waals surface area contributed by atoms with Crippen molar-refractivity contribution in [2.45, 2.75) is 0 Å². The van der Waals surface area contributed by atoms with Gasteiger partial charge >= 0.3 is 0 Å². The normalized spacial score (nSPS) is 9.27. The molecule has 0 fully saturated rings. The minimum atomic E-state index is 0.562. The highest BCUT2D eigenvalue weighted by atomic mass is 16.5. The molecule has 0 radical (unpaired) electrons. The van der Waals surface area contributed by atoms with E-state index in [2.05, 4.69) is 10.9 Å². The first kappa shape index (κ1) is 9.29. The third kappa shape index (κ3) is 2.35. The summed E-state index contributed by atoms with van der Waals surface area (Å²) < 4.78 is 5.51. The lowest BCUT2D eigenvalue weighted by Crippen LogP contribution is -1.86. The van der Waals surface area contributed by atoms with Crippen LogP contribution < -0.4 is 4.74 Å². The van der Waals surface area contributed by atoms with Gasteiger partial charge in [0.15, 0.2) is 0 Å². The highest BCUT2D eigenvalue weighted by Gasteiger charge is 1.97. The first-order valence-electron chi connectivity index (χ1n) is 4.54. The zero-order valence-corrected chi connectivity index (χ0v) is 8.05. The van der Waals surface area contributed by atoms with E-state index in [0.717, 1.165) is 5.56 Å². The van der Waals surface area contributed by atoms with Gasteiger partial charge in [-0.1, -0.05) is 18.1 Å². The first-order chi connectivity index (χ1) is 7.38. The topological polar surface area (TPSA) is 22.1 Å². The van der Waals surface area contributed by atoms with E-state index in [1.54, 1.807) is 18.3 Å². The summed E-state index contributed by atoms with van der Waals surface area (Å²) in [5.41, 5.74) is 0.795. The van der Waals surface area contributed by atoms with Crippen LogP contribution in [0.4, 0.5) is 0 Å². The Kier molecular flexibility index (Phi) is 2.66. The molecule has 1 aromatic heterocycles. The predicted octanol–water partition coefficient (Wildman–Crippen LogP) is 2.86. The summed E-state index contributed by atoms with van der Waals surface area (Å²) in [5, 5.41) is 0. The van der Waals surface area contributed by atoms with Crippen LogP contribution in [0.15, 0.2) is 48.7 Å². The monoisotopic (exact) mass is 195 g/mol. The van der Waals surface area contributed by atoms with Crippen LogP contribution in [-0.4, -0.2) is 4.98 Å². The Morgan fingerprint density at radius 1 is 1.13 bits per heavy atom. The molecule has 1 aromatic carbocycles. The molecule has 2 aromatic rings. The number of benzene rings is 1. The summed E-state index contributed by atoms with van der Waals surface area (Å²) in [6.07, 6.45) is 6.97. The van der Waals surface area contributed by atoms with Gasteiger partial charge < -0.3 is 4.74 Å². The fourth-order valence-electron chi connectivity index (χ4n) is 1.18. The van der Waals surface area contributed by atoms with Gasteiger partial charge in [0.05, 0.1) is 0 Å². The van der Waals surface area contributed by atoms with Gasteiger partial charge in [-0.15, -0.1) is 6.42 Å². The Bertz CT molecular complexity index is 485. The number of hydrogen-bond acceptors (Lipinski definition) is 2. The first-order valence-corrected chi connectivity index (χ1v) is 4.54. The van der Waals surface area contributed by atoms with E-state index in [9.17, 15) is 0 Å². The van der Waals surface area contributed by atoms with Crippen LogP contribution >= 0.6 is 0 Å². The largest absolute Gasteiger partial charge is 0.439 e. The molecule has 0 spiro atoms. The molecule has 0 N–H and O–H groups in total. The molecule has 72 valence electrons. The summed E-state index contributed by atoms with van der Waals surface area (Å²) >= 11 is 0. The van der Waals surface area contributed by atoms with Crippen molar-refractivity contribution in [2.24, 2.45) is 0 Å². The number of nitrogens with zero attached hydrogens (tertiary/aromatic N) is 1. The maximum Gasteiger partial charge on any atom is 0.219 e. The van der Waals surface area contributed by atoms with Crippen LogP contribution in [0.2, 0.25) is 0 Å². The summed E-state index contributed by atoms with van der Waals surface area (Å²) in [5.74, 6) is 3.81. The standard InChI is InChI=1S/C13H9NO/c1-2-11-6-5-7-12(10-11)15-13-8-3-4-9-14-13/h1,3-10H. The second kappa shape index (κ2) is 4.30. The molecule has 0 saturated heterocycles. The lowest BCUT2D eigenvalue weighted by molar-refractivity contribution is 0.463. The Balaban J connectivity index is 2.22. The number of pyridine rings is 1. The highest BCUT2D eigenvalue weighted by molar-refractivity contribution is 5.39. The van der Waals surface area contributed by atoms with E-state index in [-0.39, 0.29) is 0 Å². The minimum absolute atomic E-state index is 0.562. The summed E-state index contributed by atoms with van der Waals surface area (Å²) in [7, 11) is 0. The zero-order chi connectivity index (χ0) is 10.5. The molecule has 0 bridgehead atoms. The molecule has 0 aliphatic rings. The lowest BCUT2D eigenvalue weighted by Gasteiger charge is -2.03. The van der Waals surface area contributed by atoms with Crippen molar-refractivity contribution >= 4 is 0 Å². The van der Waals surface area contributed by atoms with E-state index in [1.807, 2.05) is 30.3 Å². The molecule has 0 aliphatic carbocycles. The van der Waals surface area contributed by atoms with Gasteiger partial charge in [-0.05, 0) is 24.3 Å². The second-order valence-corrected chi connectivity index (χ2v) is 2.94. The minimum Gasteiger partial charge on any atom is -0.439 e. The Hall–Kier alpha value is -2.27. The molecule has 0 unspecified atom stereocenters. The van der Waals surface area contributed by atoms with Gasteiger partial charge in [0.2, 0.25) is 5.88 Å². The maximum atomic E-state index is 5.51. The van der Waals surface area contributed by atoms with Crippen LogP contribution in [0.1, 0.15) is 5.56 Å². The molecule has 2 heteroatoms. The van der Waals surface area contributed by atoms with Crippen LogP contribution in [0, 0.1) is 12.3 Å². The third-order valence-corrected chi connectivity index (χ3v) is 1.86. The Morgan fingerprint density at radius 2 is 2.07 bits per heavy atom. The number of rotatable bonds is 2. The van der Waals surface area contributed by atoms with Crippen molar-refractivity contribution in [3.8, 4) is 24.0 Å². The van der Waals surface area contributed by atoms with Crippen LogP contribution in [0.5, 0.6) is 11.6 Å². The molecule has 1 heterocycles. The molecular weight excluding hydrogens is 186 g/mol. The van der Waals surface area contributed by atoms with Crippen LogP contribution in [0.25, 0.3) is 0 Å². The zero-order valence-electron chi connectivity index (χ0n) is 8.05. The van der Waals surface area contributed by atoms with E-state index >= 15 is 0 Å². The molecule has 0 atom stereocenters. The molecular formula is C13H9NO. The van der Waals surface area contributed by atoms with Crippen molar-refractivity contribution in [2.75, 3.05) is 0 Å². The van der Waals surface area contributed by atoms with Gasteiger partial charge in [-0.25, -0.2) is 4.98 Å². The fourth-order valence-corrected chi connectivity index (χ4v) is 1.18. The molecule has 2 nitrogen and oxygen atoms in total. The predicted molar refractivity (Wildman–Crippen MR) is 58.7 cm³/mol. The average molecular weight is 195 g/mol. The number of aromatic nitrogens is 1. The van der Waals surface area contributed by atoms with E-state index < -0.39 is 0 Å². The molecule has 15 heavy (non-hydrogen) atoms. The van der Waals surface area contributed by atoms with Crippen LogP contribution in [-0.2, 0) is 0 Å². The molecule has 0 amide bonds. The fraction of sp³-hybridized carbons (Fsp3) is 0. The quantitative estimate of drug-likeness (QED) is 0.687. The molecule has 0 aliphatic heterocycles. The molecule has 2 rings (SSSR count). The van der Waals surface area contributed by atoms with Crippen molar-refractivity contribution in [3.05, 3.63) is 54.2 Å². The van der Waals surface area contributed by atoms with Gasteiger partial charge in [0.1, 0.15) is 5.75 Å². The van der Waals surface area contributed by atoms with Crippen molar-refractivity contribution < 1.29 is 4.74 Å². The SMILES string of the molecule is C#Cc1cccc(Oc2ccccn2)c1. The maximum absolute atomic E-state index is 5.51. The van der Waals surface area contributed by atoms with Gasteiger partial charge in [-0.3, -0.25) is 0 Å². The van der Waals surface area contributed by atoms with Crippen molar-refractivity contribution in [1.82, 2.24) is 4.98 Å². The smallest absolute Gasteiger partial charge is 0.219 e. The molecule has 0 saturated carbocycles. The number of ether oxygens (including phenoxy) is 1. The lowest BCUT2D eigenvalue weighted by atomic mass is 10.2. The number of hydrogen-bond donors (Lipinski definition) is 0.